The lowest BCUT2D eigenvalue weighted by Crippen LogP contribution is -2.32. The summed E-state index contributed by atoms with van der Waals surface area (Å²) in [5.41, 5.74) is 3.33. The van der Waals surface area contributed by atoms with Crippen LogP contribution in [0.15, 0.2) is 18.2 Å². The van der Waals surface area contributed by atoms with Crippen molar-refractivity contribution in [3.05, 3.63) is 23.8 Å². The van der Waals surface area contributed by atoms with Gasteiger partial charge in [0.1, 0.15) is 0 Å². The minimum atomic E-state index is 0.0208. The molecule has 17 heavy (non-hydrogen) atoms. The number of carbonyl (C=O) groups is 1. The Hall–Kier alpha value is -1.51. The van der Waals surface area contributed by atoms with Crippen LogP contribution < -0.4 is 10.2 Å². The largest absolute Gasteiger partial charge is 0.383 e. The highest BCUT2D eigenvalue weighted by Gasteiger charge is 2.26. The van der Waals surface area contributed by atoms with Crippen molar-refractivity contribution in [3.63, 3.8) is 0 Å². The second-order valence-corrected chi connectivity index (χ2v) is 5.08. The van der Waals surface area contributed by atoms with Crippen LogP contribution in [-0.4, -0.2) is 19.5 Å². The molecular weight excluding hydrogens is 212 g/mol. The fourth-order valence-electron chi connectivity index (χ4n) is 2.34. The number of fused-ring (bicyclic) bond motifs is 1. The van der Waals surface area contributed by atoms with E-state index in [1.807, 2.05) is 20.0 Å². The summed E-state index contributed by atoms with van der Waals surface area (Å²) in [7, 11) is 1.87. The lowest BCUT2D eigenvalue weighted by atomic mass is 9.99. The Balaban J connectivity index is 2.56. The van der Waals surface area contributed by atoms with E-state index in [2.05, 4.69) is 31.3 Å². The number of benzene rings is 1. The molecule has 0 bridgehead atoms. The van der Waals surface area contributed by atoms with E-state index in [0.717, 1.165) is 11.4 Å². The van der Waals surface area contributed by atoms with Crippen molar-refractivity contribution >= 4 is 17.3 Å². The van der Waals surface area contributed by atoms with Crippen LogP contribution in [-0.2, 0) is 4.79 Å². The fourth-order valence-corrected chi connectivity index (χ4v) is 2.34. The third-order valence-electron chi connectivity index (χ3n) is 3.38. The highest BCUT2D eigenvalue weighted by Crippen LogP contribution is 2.36. The maximum Gasteiger partial charge on any atom is 0.231 e. The lowest BCUT2D eigenvalue weighted by Gasteiger charge is -2.23. The number of carbonyl (C=O) groups excluding carboxylic acids is 1. The molecule has 1 aromatic rings. The molecule has 0 saturated carbocycles. The molecule has 1 amide bonds. The van der Waals surface area contributed by atoms with Crippen LogP contribution in [0.5, 0.6) is 0 Å². The van der Waals surface area contributed by atoms with E-state index in [1.165, 1.54) is 5.56 Å². The van der Waals surface area contributed by atoms with Gasteiger partial charge >= 0.3 is 0 Å². The van der Waals surface area contributed by atoms with Gasteiger partial charge in [0.15, 0.2) is 0 Å². The van der Waals surface area contributed by atoms with E-state index in [0.29, 0.717) is 12.5 Å². The number of hydrogen-bond donors (Lipinski definition) is 1. The van der Waals surface area contributed by atoms with Gasteiger partial charge in [-0.15, -0.1) is 0 Å². The predicted molar refractivity (Wildman–Crippen MR) is 71.6 cm³/mol. The van der Waals surface area contributed by atoms with Gasteiger partial charge < -0.3 is 10.2 Å². The first-order valence-electron chi connectivity index (χ1n) is 6.16. The van der Waals surface area contributed by atoms with Gasteiger partial charge in [-0.1, -0.05) is 32.9 Å². The molecule has 1 aliphatic rings. The molecule has 1 atom stereocenters. The summed E-state index contributed by atoms with van der Waals surface area (Å²) in [5, 5.41) is 3.37. The van der Waals surface area contributed by atoms with Gasteiger partial charge in [0.25, 0.3) is 0 Å². The molecule has 0 saturated heterocycles. The molecule has 0 spiro atoms. The van der Waals surface area contributed by atoms with Crippen LogP contribution >= 0.6 is 0 Å². The van der Waals surface area contributed by atoms with Gasteiger partial charge in [-0.3, -0.25) is 4.79 Å². The number of para-hydroxylation sites is 1. The summed E-state index contributed by atoms with van der Waals surface area (Å²) >= 11 is 0. The van der Waals surface area contributed by atoms with Crippen molar-refractivity contribution in [2.24, 2.45) is 5.92 Å². The SMILES string of the molecule is CC1CNc2cccc(C(C)C)c2N(C)C1=O. The highest BCUT2D eigenvalue weighted by molar-refractivity contribution is 6.00. The molecule has 1 unspecified atom stereocenters. The van der Waals surface area contributed by atoms with Gasteiger partial charge in [0.2, 0.25) is 5.91 Å². The number of nitrogens with one attached hydrogen (secondary N) is 1. The Labute approximate surface area is 103 Å². The van der Waals surface area contributed by atoms with Gasteiger partial charge in [-0.2, -0.15) is 0 Å². The van der Waals surface area contributed by atoms with E-state index in [1.54, 1.807) is 4.90 Å². The van der Waals surface area contributed by atoms with Crippen LogP contribution in [0.25, 0.3) is 0 Å². The molecule has 2 rings (SSSR count). The summed E-state index contributed by atoms with van der Waals surface area (Å²) in [6.07, 6.45) is 0. The standard InChI is InChI=1S/C14H20N2O/c1-9(2)11-6-5-7-12-13(11)16(4)14(17)10(3)8-15-12/h5-7,9-10,15H,8H2,1-4H3. The summed E-state index contributed by atoms with van der Waals surface area (Å²) < 4.78 is 0. The first kappa shape index (κ1) is 12.0. The first-order valence-corrected chi connectivity index (χ1v) is 6.16. The van der Waals surface area contributed by atoms with Gasteiger partial charge in [0, 0.05) is 13.6 Å². The summed E-state index contributed by atoms with van der Waals surface area (Å²) in [6, 6.07) is 6.20. The first-order chi connectivity index (χ1) is 8.02. The normalized spacial score (nSPS) is 19.9. The van der Waals surface area contributed by atoms with E-state index >= 15 is 0 Å². The monoisotopic (exact) mass is 232 g/mol. The quantitative estimate of drug-likeness (QED) is 0.807. The average Bonchev–Trinajstić information content (AvgIpc) is 2.42. The van der Waals surface area contributed by atoms with Crippen LogP contribution in [0.1, 0.15) is 32.3 Å². The molecule has 1 aliphatic heterocycles. The summed E-state index contributed by atoms with van der Waals surface area (Å²) in [4.78, 5) is 14.0. The molecule has 1 aromatic carbocycles. The van der Waals surface area contributed by atoms with Crippen LogP contribution in [0.3, 0.4) is 0 Å². The molecule has 0 fully saturated rings. The van der Waals surface area contributed by atoms with Crippen molar-refractivity contribution in [1.29, 1.82) is 0 Å². The topological polar surface area (TPSA) is 32.3 Å². The van der Waals surface area contributed by atoms with Crippen molar-refractivity contribution in [1.82, 2.24) is 0 Å². The highest BCUT2D eigenvalue weighted by atomic mass is 16.2. The molecular formula is C14H20N2O. The molecule has 1 heterocycles. The zero-order valence-electron chi connectivity index (χ0n) is 10.9. The molecule has 1 N–H and O–H groups in total. The van der Waals surface area contributed by atoms with Crippen molar-refractivity contribution in [2.45, 2.75) is 26.7 Å². The Morgan fingerprint density at radius 1 is 1.41 bits per heavy atom. The van der Waals surface area contributed by atoms with Gasteiger partial charge in [-0.25, -0.2) is 0 Å². The maximum atomic E-state index is 12.2. The third kappa shape index (κ3) is 2.02. The Morgan fingerprint density at radius 3 is 2.76 bits per heavy atom. The van der Waals surface area contributed by atoms with E-state index in [4.69, 9.17) is 0 Å². The predicted octanol–water partition coefficient (Wildman–Crippen LogP) is 2.83. The van der Waals surface area contributed by atoms with E-state index < -0.39 is 0 Å². The smallest absolute Gasteiger partial charge is 0.231 e. The summed E-state index contributed by atoms with van der Waals surface area (Å²) in [6.45, 7) is 6.98. The van der Waals surface area contributed by atoms with Crippen LogP contribution in [0.2, 0.25) is 0 Å². The molecule has 0 radical (unpaired) electrons. The number of nitrogens with zero attached hydrogens (tertiary/aromatic N) is 1. The second-order valence-electron chi connectivity index (χ2n) is 5.08. The zero-order valence-corrected chi connectivity index (χ0v) is 10.9. The Bertz CT molecular complexity index is 440. The lowest BCUT2D eigenvalue weighted by molar-refractivity contribution is -0.121. The van der Waals surface area contributed by atoms with Crippen molar-refractivity contribution in [2.75, 3.05) is 23.8 Å². The molecule has 3 heteroatoms. The van der Waals surface area contributed by atoms with Crippen LogP contribution in [0.4, 0.5) is 11.4 Å². The van der Waals surface area contributed by atoms with Crippen molar-refractivity contribution < 1.29 is 4.79 Å². The van der Waals surface area contributed by atoms with Crippen molar-refractivity contribution in [3.8, 4) is 0 Å². The zero-order chi connectivity index (χ0) is 12.6. The molecule has 0 aromatic heterocycles. The average molecular weight is 232 g/mol. The number of amides is 1. The Morgan fingerprint density at radius 2 is 2.12 bits per heavy atom. The van der Waals surface area contributed by atoms with Gasteiger partial charge in [0.05, 0.1) is 17.3 Å². The maximum absolute atomic E-state index is 12.2. The van der Waals surface area contributed by atoms with E-state index in [9.17, 15) is 4.79 Å². The molecule has 0 aliphatic carbocycles. The minimum Gasteiger partial charge on any atom is -0.383 e. The molecule has 92 valence electrons. The van der Waals surface area contributed by atoms with Gasteiger partial charge in [-0.05, 0) is 17.5 Å². The molecule has 3 nitrogen and oxygen atoms in total. The number of rotatable bonds is 1. The minimum absolute atomic E-state index is 0.0208. The van der Waals surface area contributed by atoms with E-state index in [-0.39, 0.29) is 11.8 Å². The van der Waals surface area contributed by atoms with Crippen LogP contribution in [0, 0.1) is 5.92 Å². The summed E-state index contributed by atoms with van der Waals surface area (Å²) in [5.74, 6) is 0.618. The number of hydrogen-bond acceptors (Lipinski definition) is 2. The second kappa shape index (κ2) is 4.40. The number of anilines is 2. The fraction of sp³-hybridized carbons (Fsp3) is 0.500. The third-order valence-corrected chi connectivity index (χ3v) is 3.38. The Kier molecular flexibility index (Phi) is 3.09.